The molecule has 2 aromatic rings. The third kappa shape index (κ3) is 3.04. The van der Waals surface area contributed by atoms with Crippen molar-refractivity contribution in [3.8, 4) is 5.75 Å². The molecule has 1 aromatic heterocycles. The molecule has 5 heteroatoms. The Morgan fingerprint density at radius 2 is 2.25 bits per heavy atom. The number of nitrogens with zero attached hydrogens (tertiary/aromatic N) is 1. The van der Waals surface area contributed by atoms with Crippen molar-refractivity contribution in [1.29, 1.82) is 0 Å². The maximum Gasteiger partial charge on any atom is 0.115 e. The van der Waals surface area contributed by atoms with Crippen LogP contribution in [0.5, 0.6) is 5.75 Å². The number of halogens is 1. The van der Waals surface area contributed by atoms with Gasteiger partial charge in [0.25, 0.3) is 0 Å². The van der Waals surface area contributed by atoms with Crippen LogP contribution in [0, 0.1) is 0 Å². The van der Waals surface area contributed by atoms with Gasteiger partial charge in [0.2, 0.25) is 0 Å². The van der Waals surface area contributed by atoms with Gasteiger partial charge in [-0.25, -0.2) is 0 Å². The summed E-state index contributed by atoms with van der Waals surface area (Å²) in [6, 6.07) is 5.26. The van der Waals surface area contributed by atoms with Crippen LogP contribution in [0.3, 0.4) is 0 Å². The summed E-state index contributed by atoms with van der Waals surface area (Å²) in [4.78, 5) is 5.21. The lowest BCUT2D eigenvalue weighted by Gasteiger charge is -2.06. The van der Waals surface area contributed by atoms with Crippen LogP contribution < -0.4 is 5.32 Å². The van der Waals surface area contributed by atoms with Gasteiger partial charge in [0.1, 0.15) is 5.75 Å². The van der Waals surface area contributed by atoms with E-state index in [4.69, 9.17) is 0 Å². The van der Waals surface area contributed by atoms with Crippen molar-refractivity contribution in [3.05, 3.63) is 44.8 Å². The first-order chi connectivity index (χ1) is 7.75. The zero-order valence-corrected chi connectivity index (χ0v) is 10.9. The Balaban J connectivity index is 1.92. The molecule has 2 N–H and O–H groups in total. The van der Waals surface area contributed by atoms with E-state index in [0.29, 0.717) is 6.54 Å². The number of aromatic hydroxyl groups is 1. The second kappa shape index (κ2) is 5.43. The number of aromatic nitrogens is 1. The van der Waals surface area contributed by atoms with E-state index in [9.17, 15) is 5.11 Å². The molecule has 0 aliphatic carbocycles. The molecule has 0 saturated carbocycles. The van der Waals surface area contributed by atoms with Crippen LogP contribution in [0.4, 0.5) is 0 Å². The van der Waals surface area contributed by atoms with Crippen LogP contribution in [-0.4, -0.2) is 10.1 Å². The van der Waals surface area contributed by atoms with E-state index < -0.39 is 0 Å². The third-order valence-corrected chi connectivity index (χ3v) is 3.68. The molecule has 0 fully saturated rings. The highest BCUT2D eigenvalue weighted by molar-refractivity contribution is 9.10. The lowest BCUT2D eigenvalue weighted by atomic mass is 10.2. The van der Waals surface area contributed by atoms with Crippen molar-refractivity contribution in [2.45, 2.75) is 13.1 Å². The summed E-state index contributed by atoms with van der Waals surface area (Å²) >= 11 is 5.08. The maximum absolute atomic E-state index is 9.36. The smallest absolute Gasteiger partial charge is 0.115 e. The summed E-state index contributed by atoms with van der Waals surface area (Å²) in [6.07, 6.45) is 1.86. The lowest BCUT2D eigenvalue weighted by Crippen LogP contribution is -2.12. The maximum atomic E-state index is 9.36. The van der Waals surface area contributed by atoms with E-state index in [0.717, 1.165) is 16.6 Å². The van der Waals surface area contributed by atoms with Crippen LogP contribution in [0.1, 0.15) is 10.4 Å². The number of phenolic OH excluding ortho intramolecular Hbond substituents is 1. The van der Waals surface area contributed by atoms with Gasteiger partial charge >= 0.3 is 0 Å². The Morgan fingerprint density at radius 3 is 3.00 bits per heavy atom. The number of phenols is 1. The zero-order valence-electron chi connectivity index (χ0n) is 8.48. The normalized spacial score (nSPS) is 10.6. The van der Waals surface area contributed by atoms with Crippen LogP contribution in [-0.2, 0) is 13.1 Å². The van der Waals surface area contributed by atoms with Crippen molar-refractivity contribution in [2.24, 2.45) is 0 Å². The van der Waals surface area contributed by atoms with Crippen LogP contribution >= 0.6 is 27.3 Å². The topological polar surface area (TPSA) is 45.1 Å². The monoisotopic (exact) mass is 298 g/mol. The summed E-state index contributed by atoms with van der Waals surface area (Å²) in [6.45, 7) is 1.51. The van der Waals surface area contributed by atoms with Crippen molar-refractivity contribution in [2.75, 3.05) is 0 Å². The first-order valence-electron chi connectivity index (χ1n) is 4.81. The molecule has 0 bridgehead atoms. The number of hydrogen-bond acceptors (Lipinski definition) is 4. The van der Waals surface area contributed by atoms with Gasteiger partial charge in [0, 0.05) is 28.6 Å². The van der Waals surface area contributed by atoms with Gasteiger partial charge in [0.05, 0.1) is 5.51 Å². The molecule has 3 nitrogen and oxygen atoms in total. The molecule has 0 unspecified atom stereocenters. The van der Waals surface area contributed by atoms with Gasteiger partial charge in [-0.1, -0.05) is 15.9 Å². The molecule has 0 amide bonds. The first-order valence-corrected chi connectivity index (χ1v) is 6.48. The number of nitrogens with one attached hydrogen (secondary N) is 1. The highest BCUT2D eigenvalue weighted by atomic mass is 79.9. The van der Waals surface area contributed by atoms with Crippen molar-refractivity contribution in [3.63, 3.8) is 0 Å². The van der Waals surface area contributed by atoms with Gasteiger partial charge in [-0.05, 0) is 23.8 Å². The molecule has 0 radical (unpaired) electrons. The minimum absolute atomic E-state index is 0.290. The molecule has 1 heterocycles. The average molecular weight is 299 g/mol. The zero-order chi connectivity index (χ0) is 11.4. The Morgan fingerprint density at radius 1 is 1.38 bits per heavy atom. The minimum Gasteiger partial charge on any atom is -0.508 e. The highest BCUT2D eigenvalue weighted by Crippen LogP contribution is 2.21. The Labute approximate surface area is 106 Å². The Bertz CT molecular complexity index is 459. The second-order valence-electron chi connectivity index (χ2n) is 3.35. The van der Waals surface area contributed by atoms with E-state index in [1.807, 2.05) is 17.8 Å². The first kappa shape index (κ1) is 11.6. The third-order valence-electron chi connectivity index (χ3n) is 2.13. The summed E-state index contributed by atoms with van der Waals surface area (Å²) < 4.78 is 1.00. The minimum atomic E-state index is 0.290. The highest BCUT2D eigenvalue weighted by Gasteiger charge is 2.01. The fourth-order valence-corrected chi connectivity index (χ4v) is 2.30. The summed E-state index contributed by atoms with van der Waals surface area (Å²) in [5.74, 6) is 0.290. The molecule has 0 atom stereocenters. The molecule has 0 aliphatic rings. The molecule has 1 aromatic carbocycles. The molecule has 0 saturated heterocycles. The number of benzene rings is 1. The van der Waals surface area contributed by atoms with Gasteiger partial charge in [-0.2, -0.15) is 0 Å². The average Bonchev–Trinajstić information content (AvgIpc) is 2.76. The van der Waals surface area contributed by atoms with E-state index >= 15 is 0 Å². The molecular formula is C11H11BrN2OS. The van der Waals surface area contributed by atoms with Gasteiger partial charge < -0.3 is 10.4 Å². The van der Waals surface area contributed by atoms with Crippen LogP contribution in [0.2, 0.25) is 0 Å². The number of thiazole rings is 1. The fraction of sp³-hybridized carbons (Fsp3) is 0.182. The summed E-state index contributed by atoms with van der Waals surface area (Å²) in [7, 11) is 0. The van der Waals surface area contributed by atoms with E-state index in [1.165, 1.54) is 4.88 Å². The summed E-state index contributed by atoms with van der Waals surface area (Å²) in [5.41, 5.74) is 2.87. The SMILES string of the molecule is Oc1ccc(Br)c(CNCc2cncs2)c1. The van der Waals surface area contributed by atoms with Gasteiger partial charge in [0.15, 0.2) is 0 Å². The van der Waals surface area contributed by atoms with Crippen molar-refractivity contribution >= 4 is 27.3 Å². The molecule has 0 spiro atoms. The molecular weight excluding hydrogens is 288 g/mol. The number of rotatable bonds is 4. The molecule has 16 heavy (non-hydrogen) atoms. The van der Waals surface area contributed by atoms with E-state index in [2.05, 4.69) is 26.2 Å². The molecule has 0 aliphatic heterocycles. The quantitative estimate of drug-likeness (QED) is 0.912. The fourth-order valence-electron chi connectivity index (χ4n) is 1.35. The van der Waals surface area contributed by atoms with Crippen LogP contribution in [0.15, 0.2) is 34.4 Å². The van der Waals surface area contributed by atoms with E-state index in [1.54, 1.807) is 23.5 Å². The number of hydrogen-bond donors (Lipinski definition) is 2. The molecule has 84 valence electrons. The Hall–Kier alpha value is -0.910. The largest absolute Gasteiger partial charge is 0.508 e. The van der Waals surface area contributed by atoms with Crippen molar-refractivity contribution in [1.82, 2.24) is 10.3 Å². The predicted octanol–water partition coefficient (Wildman–Crippen LogP) is 2.90. The second-order valence-corrected chi connectivity index (χ2v) is 5.17. The summed E-state index contributed by atoms with van der Waals surface area (Å²) in [5, 5.41) is 12.7. The van der Waals surface area contributed by atoms with Crippen molar-refractivity contribution < 1.29 is 5.11 Å². The van der Waals surface area contributed by atoms with Gasteiger partial charge in [-0.15, -0.1) is 11.3 Å². The lowest BCUT2D eigenvalue weighted by molar-refractivity contribution is 0.474. The standard InChI is InChI=1S/C11H11BrN2OS/c12-11-2-1-9(15)3-8(11)4-13-5-10-6-14-7-16-10/h1-3,6-7,13,15H,4-5H2. The Kier molecular flexibility index (Phi) is 3.93. The molecule has 2 rings (SSSR count). The van der Waals surface area contributed by atoms with E-state index in [-0.39, 0.29) is 5.75 Å². The predicted molar refractivity (Wildman–Crippen MR) is 68.5 cm³/mol. The van der Waals surface area contributed by atoms with Gasteiger partial charge in [-0.3, -0.25) is 4.98 Å². The van der Waals surface area contributed by atoms with Crippen LogP contribution in [0.25, 0.3) is 0 Å².